The van der Waals surface area contributed by atoms with Gasteiger partial charge in [0.1, 0.15) is 0 Å². The number of nitrogens with one attached hydrogen (secondary N) is 1. The zero-order valence-electron chi connectivity index (χ0n) is 21.9. The van der Waals surface area contributed by atoms with Crippen LogP contribution < -0.4 is 5.32 Å². The summed E-state index contributed by atoms with van der Waals surface area (Å²) < 4.78 is 7.47. The Morgan fingerprint density at radius 2 is 1.94 bits per heavy atom. The number of fused-ring (bicyclic) bond motifs is 2. The average Bonchev–Trinajstić information content (AvgIpc) is 3.33. The van der Waals surface area contributed by atoms with Gasteiger partial charge in [-0.1, -0.05) is 31.2 Å². The van der Waals surface area contributed by atoms with Gasteiger partial charge in [0.15, 0.2) is 0 Å². The molecule has 3 aliphatic carbocycles. The molecular formula is C32H40N2O. The van der Waals surface area contributed by atoms with Crippen LogP contribution in [0.3, 0.4) is 0 Å². The molecule has 7 rings (SSSR count). The fourth-order valence-corrected chi connectivity index (χ4v) is 9.01. The minimum atomic E-state index is -0.0761. The van der Waals surface area contributed by atoms with Crippen LogP contribution in [0.1, 0.15) is 90.5 Å². The molecule has 2 aromatic rings. The Hall–Kier alpha value is -1.97. The first-order valence-corrected chi connectivity index (χ1v) is 13.9. The number of ether oxygens (including phenoxy) is 1. The van der Waals surface area contributed by atoms with Crippen molar-refractivity contribution in [2.75, 3.05) is 0 Å². The highest BCUT2D eigenvalue weighted by Gasteiger charge is 2.66. The lowest BCUT2D eigenvalue weighted by Gasteiger charge is -2.54. The van der Waals surface area contributed by atoms with Crippen molar-refractivity contribution in [2.45, 2.75) is 108 Å². The summed E-state index contributed by atoms with van der Waals surface area (Å²) in [6.45, 7) is 9.46. The summed E-state index contributed by atoms with van der Waals surface area (Å²) in [7, 11) is 0. The number of pyridine rings is 1. The van der Waals surface area contributed by atoms with E-state index in [0.29, 0.717) is 17.9 Å². The number of allylic oxidation sites excluding steroid dienone is 1. The number of nitrogens with zero attached hydrogens (tertiary/aromatic N) is 1. The normalized spacial score (nSPS) is 40.1. The van der Waals surface area contributed by atoms with Gasteiger partial charge in [-0.15, -0.1) is 0 Å². The quantitative estimate of drug-likeness (QED) is 0.505. The molecule has 2 spiro atoms. The molecule has 0 radical (unpaired) electrons. The molecule has 3 nitrogen and oxygen atoms in total. The minimum Gasteiger partial charge on any atom is -0.359 e. The Kier molecular flexibility index (Phi) is 4.64. The summed E-state index contributed by atoms with van der Waals surface area (Å²) >= 11 is 0. The molecule has 2 bridgehead atoms. The van der Waals surface area contributed by atoms with Crippen LogP contribution in [0.4, 0.5) is 0 Å². The van der Waals surface area contributed by atoms with Crippen LogP contribution in [-0.4, -0.2) is 27.8 Å². The Morgan fingerprint density at radius 1 is 1.06 bits per heavy atom. The van der Waals surface area contributed by atoms with E-state index in [1.54, 1.807) is 5.57 Å². The molecule has 2 unspecified atom stereocenters. The average molecular weight is 469 g/mol. The Labute approximate surface area is 210 Å². The number of hydrogen-bond acceptors (Lipinski definition) is 3. The van der Waals surface area contributed by atoms with Gasteiger partial charge in [-0.3, -0.25) is 4.98 Å². The molecular weight excluding hydrogens is 428 g/mol. The largest absolute Gasteiger partial charge is 0.359 e. The van der Waals surface area contributed by atoms with E-state index in [-0.39, 0.29) is 22.2 Å². The summed E-state index contributed by atoms with van der Waals surface area (Å²) in [5, 5.41) is 6.46. The highest BCUT2D eigenvalue weighted by atomic mass is 16.5. The van der Waals surface area contributed by atoms with Crippen molar-refractivity contribution >= 4 is 10.8 Å². The highest BCUT2D eigenvalue weighted by Crippen LogP contribution is 2.69. The number of hydrogen-bond donors (Lipinski definition) is 1. The summed E-state index contributed by atoms with van der Waals surface area (Å²) in [5.74, 6) is 1.18. The van der Waals surface area contributed by atoms with E-state index in [9.17, 15) is 0 Å². The number of benzene rings is 1. The zero-order valence-corrected chi connectivity index (χ0v) is 21.9. The van der Waals surface area contributed by atoms with Crippen LogP contribution in [0.5, 0.6) is 0 Å². The fourth-order valence-electron chi connectivity index (χ4n) is 9.01. The second-order valence-corrected chi connectivity index (χ2v) is 13.5. The number of aromatic nitrogens is 1. The van der Waals surface area contributed by atoms with Gasteiger partial charge in [0, 0.05) is 29.4 Å². The van der Waals surface area contributed by atoms with Gasteiger partial charge in [0.25, 0.3) is 0 Å². The van der Waals surface area contributed by atoms with Gasteiger partial charge in [-0.25, -0.2) is 0 Å². The molecule has 1 N–H and O–H groups in total. The van der Waals surface area contributed by atoms with E-state index in [0.717, 1.165) is 6.42 Å². The maximum atomic E-state index is 7.47. The third-order valence-corrected chi connectivity index (χ3v) is 10.4. The lowest BCUT2D eigenvalue weighted by atomic mass is 9.58. The fraction of sp³-hybridized carbons (Fsp3) is 0.594. The Balaban J connectivity index is 1.24. The van der Waals surface area contributed by atoms with Crippen molar-refractivity contribution in [3.8, 4) is 0 Å². The third kappa shape index (κ3) is 3.20. The molecule has 3 fully saturated rings. The molecule has 1 aromatic heterocycles. The molecule has 3 heteroatoms. The molecule has 35 heavy (non-hydrogen) atoms. The van der Waals surface area contributed by atoms with Crippen LogP contribution in [0.15, 0.2) is 60.0 Å². The van der Waals surface area contributed by atoms with E-state index in [4.69, 9.17) is 4.74 Å². The standard InChI is InChI=1S/C32H40N2O/c1-29(2,3)34-26-8-7-24-18-25-11-13-30(4)27(22-6-5-21-12-16-33-20-23(21)17-22)9-10-28(30)32(25)15-14-31(24,19-26)35-32/h5-6,11-12,16-18,20,26-28,34H,7-10,13-15,19H2,1-4H3/t26-,27?,28-,30-,31-,32?/m1/s1. The van der Waals surface area contributed by atoms with E-state index in [1.165, 1.54) is 66.9 Å². The number of rotatable bonds is 2. The smallest absolute Gasteiger partial charge is 0.0974 e. The SMILES string of the molecule is CC(C)(C)N[C@@H]1CCC2=CC3=CC[C@]4(C)C(c5ccc6ccncc6c5)CC[C@H]4C34CC[C@]2(C1)O4. The van der Waals surface area contributed by atoms with Crippen molar-refractivity contribution in [1.29, 1.82) is 0 Å². The van der Waals surface area contributed by atoms with Gasteiger partial charge in [-0.2, -0.15) is 0 Å². The van der Waals surface area contributed by atoms with Crippen molar-refractivity contribution < 1.29 is 4.74 Å². The van der Waals surface area contributed by atoms with Crippen molar-refractivity contribution in [3.05, 3.63) is 65.5 Å². The molecule has 5 aliphatic rings. The van der Waals surface area contributed by atoms with Gasteiger partial charge < -0.3 is 10.1 Å². The van der Waals surface area contributed by atoms with Crippen LogP contribution in [-0.2, 0) is 4.74 Å². The Bertz CT molecular complexity index is 1250. The first kappa shape index (κ1) is 22.2. The Morgan fingerprint density at radius 3 is 2.80 bits per heavy atom. The van der Waals surface area contributed by atoms with E-state index < -0.39 is 0 Å². The predicted octanol–water partition coefficient (Wildman–Crippen LogP) is 7.23. The molecule has 2 saturated carbocycles. The zero-order chi connectivity index (χ0) is 24.1. The third-order valence-electron chi connectivity index (χ3n) is 10.4. The predicted molar refractivity (Wildman–Crippen MR) is 142 cm³/mol. The maximum absolute atomic E-state index is 7.47. The summed E-state index contributed by atoms with van der Waals surface area (Å²) in [6, 6.07) is 9.77. The maximum Gasteiger partial charge on any atom is 0.0974 e. The molecule has 0 amide bonds. The van der Waals surface area contributed by atoms with Crippen LogP contribution in [0.25, 0.3) is 10.8 Å². The van der Waals surface area contributed by atoms with Gasteiger partial charge in [-0.05, 0) is 124 Å². The summed E-state index contributed by atoms with van der Waals surface area (Å²) in [4.78, 5) is 4.39. The van der Waals surface area contributed by atoms with E-state index >= 15 is 0 Å². The van der Waals surface area contributed by atoms with Gasteiger partial charge in [0.2, 0.25) is 0 Å². The molecule has 184 valence electrons. The van der Waals surface area contributed by atoms with Crippen LogP contribution in [0.2, 0.25) is 0 Å². The summed E-state index contributed by atoms with van der Waals surface area (Å²) in [5.41, 5.74) is 4.88. The first-order chi connectivity index (χ1) is 16.7. The monoisotopic (exact) mass is 468 g/mol. The lowest BCUT2D eigenvalue weighted by molar-refractivity contribution is -0.136. The van der Waals surface area contributed by atoms with Crippen LogP contribution >= 0.6 is 0 Å². The minimum absolute atomic E-state index is 0.0382. The first-order valence-electron chi connectivity index (χ1n) is 13.9. The molecule has 3 heterocycles. The highest BCUT2D eigenvalue weighted by molar-refractivity contribution is 5.82. The van der Waals surface area contributed by atoms with Crippen LogP contribution in [0, 0.1) is 11.3 Å². The summed E-state index contributed by atoms with van der Waals surface area (Å²) in [6.07, 6.45) is 18.7. The molecule has 6 atom stereocenters. The molecule has 1 saturated heterocycles. The van der Waals surface area contributed by atoms with Crippen molar-refractivity contribution in [3.63, 3.8) is 0 Å². The van der Waals surface area contributed by atoms with E-state index in [1.807, 2.05) is 12.4 Å². The van der Waals surface area contributed by atoms with Gasteiger partial charge >= 0.3 is 0 Å². The molecule has 1 aromatic carbocycles. The second-order valence-electron chi connectivity index (χ2n) is 13.5. The van der Waals surface area contributed by atoms with Crippen molar-refractivity contribution in [2.24, 2.45) is 11.3 Å². The second kappa shape index (κ2) is 7.29. The molecule has 2 aliphatic heterocycles. The van der Waals surface area contributed by atoms with Crippen molar-refractivity contribution in [1.82, 2.24) is 10.3 Å². The van der Waals surface area contributed by atoms with Gasteiger partial charge in [0.05, 0.1) is 11.2 Å². The topological polar surface area (TPSA) is 34.2 Å². The van der Waals surface area contributed by atoms with E-state index in [2.05, 4.69) is 74.4 Å². The lowest BCUT2D eigenvalue weighted by Crippen LogP contribution is -2.56.